The van der Waals surface area contributed by atoms with Crippen LogP contribution in [0.15, 0.2) is 53.9 Å². The predicted octanol–water partition coefficient (Wildman–Crippen LogP) is 6.03. The number of anilines is 2. The molecule has 4 rings (SSSR count). The number of aryl methyl sites for hydroxylation is 1. The van der Waals surface area contributed by atoms with Gasteiger partial charge < -0.3 is 24.6 Å². The van der Waals surface area contributed by atoms with Gasteiger partial charge in [-0.1, -0.05) is 23.8 Å². The lowest BCUT2D eigenvalue weighted by molar-refractivity contribution is 0.0607. The molecule has 0 bridgehead atoms. The smallest absolute Gasteiger partial charge is 0.350 e. The van der Waals surface area contributed by atoms with Gasteiger partial charge >= 0.3 is 12.0 Å². The summed E-state index contributed by atoms with van der Waals surface area (Å²) >= 11 is 1.23. The number of urea groups is 1. The maximum Gasteiger partial charge on any atom is 0.350 e. The van der Waals surface area contributed by atoms with E-state index in [0.717, 1.165) is 30.0 Å². The summed E-state index contributed by atoms with van der Waals surface area (Å²) in [5.74, 6) is 0.311. The molecule has 7 nitrogen and oxygen atoms in total. The second-order valence-electron chi connectivity index (χ2n) is 9.32. The Labute approximate surface area is 216 Å². The van der Waals surface area contributed by atoms with Crippen molar-refractivity contribution in [2.75, 3.05) is 37.0 Å². The van der Waals surface area contributed by atoms with Crippen LogP contribution in [0.3, 0.4) is 0 Å². The highest BCUT2D eigenvalue weighted by Gasteiger charge is 2.37. The SMILES string of the molecule is CCN(Cc1ccc2c(c1)C(C)(C)N(C(=O)Nc1ccsc1C(=O)OC)CCO2)c1ccc(C)cc1. The van der Waals surface area contributed by atoms with Gasteiger partial charge in [0.25, 0.3) is 0 Å². The van der Waals surface area contributed by atoms with E-state index in [0.29, 0.717) is 23.7 Å². The Balaban J connectivity index is 1.59. The number of nitrogens with zero attached hydrogens (tertiary/aromatic N) is 2. The first kappa shape index (κ1) is 25.6. The Morgan fingerprint density at radius 3 is 2.61 bits per heavy atom. The summed E-state index contributed by atoms with van der Waals surface area (Å²) in [6.07, 6.45) is 0. The molecule has 3 aromatic rings. The van der Waals surface area contributed by atoms with E-state index < -0.39 is 11.5 Å². The van der Waals surface area contributed by atoms with E-state index in [9.17, 15) is 9.59 Å². The van der Waals surface area contributed by atoms with Crippen molar-refractivity contribution in [1.82, 2.24) is 4.90 Å². The fourth-order valence-corrected chi connectivity index (χ4v) is 5.28. The molecule has 0 atom stereocenters. The van der Waals surface area contributed by atoms with Crippen molar-refractivity contribution in [3.8, 4) is 5.75 Å². The van der Waals surface area contributed by atoms with E-state index in [1.807, 2.05) is 19.9 Å². The Kier molecular flexibility index (Phi) is 7.54. The van der Waals surface area contributed by atoms with Gasteiger partial charge in [0.05, 0.1) is 24.9 Å². The highest BCUT2D eigenvalue weighted by Crippen LogP contribution is 2.38. The number of thiophene rings is 1. The molecular weight excluding hydrogens is 474 g/mol. The highest BCUT2D eigenvalue weighted by molar-refractivity contribution is 7.12. The summed E-state index contributed by atoms with van der Waals surface area (Å²) in [6, 6.07) is 16.2. The summed E-state index contributed by atoms with van der Waals surface area (Å²) in [6.45, 7) is 10.7. The van der Waals surface area contributed by atoms with Crippen LogP contribution >= 0.6 is 11.3 Å². The third-order valence-electron chi connectivity index (χ3n) is 6.63. The molecule has 1 aliphatic heterocycles. The minimum atomic E-state index is -0.645. The molecule has 1 aromatic heterocycles. The van der Waals surface area contributed by atoms with E-state index in [-0.39, 0.29) is 6.03 Å². The third kappa shape index (κ3) is 5.18. The van der Waals surface area contributed by atoms with Gasteiger partial charge in [-0.3, -0.25) is 0 Å². The minimum absolute atomic E-state index is 0.291. The first-order valence-electron chi connectivity index (χ1n) is 12.1. The molecule has 0 aliphatic carbocycles. The van der Waals surface area contributed by atoms with Gasteiger partial charge in [-0.05, 0) is 69.0 Å². The molecule has 190 valence electrons. The van der Waals surface area contributed by atoms with Crippen LogP contribution in [-0.4, -0.2) is 43.7 Å². The van der Waals surface area contributed by atoms with E-state index in [1.165, 1.54) is 29.7 Å². The number of ether oxygens (including phenoxy) is 2. The van der Waals surface area contributed by atoms with Gasteiger partial charge in [0.2, 0.25) is 0 Å². The van der Waals surface area contributed by atoms with Gasteiger partial charge in [0.15, 0.2) is 0 Å². The van der Waals surface area contributed by atoms with Crippen molar-refractivity contribution in [2.45, 2.75) is 39.8 Å². The lowest BCUT2D eigenvalue weighted by Gasteiger charge is -2.37. The van der Waals surface area contributed by atoms with Crippen LogP contribution in [-0.2, 0) is 16.8 Å². The largest absolute Gasteiger partial charge is 0.491 e. The number of methoxy groups -OCH3 is 1. The first-order valence-corrected chi connectivity index (χ1v) is 12.9. The summed E-state index contributed by atoms with van der Waals surface area (Å²) in [4.78, 5) is 30.0. The molecule has 2 aromatic carbocycles. The van der Waals surface area contributed by atoms with E-state index in [2.05, 4.69) is 60.5 Å². The maximum atomic E-state index is 13.4. The molecule has 2 heterocycles. The molecule has 0 fully saturated rings. The second-order valence-corrected chi connectivity index (χ2v) is 10.2. The standard InChI is InChI=1S/C28H33N3O4S/c1-6-30(21-10-7-19(2)8-11-21)18-20-9-12-24-22(17-20)28(3,4)31(14-15-35-24)27(33)29-23-13-16-36-25(23)26(32)34-5/h7-13,16-17H,6,14-15,18H2,1-5H3,(H,29,33). The lowest BCUT2D eigenvalue weighted by Crippen LogP contribution is -2.48. The van der Waals surface area contributed by atoms with Gasteiger partial charge in [0.1, 0.15) is 17.2 Å². The van der Waals surface area contributed by atoms with Crippen molar-refractivity contribution in [2.24, 2.45) is 0 Å². The van der Waals surface area contributed by atoms with Crippen LogP contribution in [0.4, 0.5) is 16.2 Å². The highest BCUT2D eigenvalue weighted by atomic mass is 32.1. The van der Waals surface area contributed by atoms with Crippen LogP contribution < -0.4 is 15.0 Å². The number of hydrogen-bond donors (Lipinski definition) is 1. The maximum absolute atomic E-state index is 13.4. The van der Waals surface area contributed by atoms with E-state index >= 15 is 0 Å². The quantitative estimate of drug-likeness (QED) is 0.413. The molecule has 36 heavy (non-hydrogen) atoms. The Bertz CT molecular complexity index is 1240. The van der Waals surface area contributed by atoms with Crippen molar-refractivity contribution in [3.63, 3.8) is 0 Å². The Hall–Kier alpha value is -3.52. The number of rotatable bonds is 6. The van der Waals surface area contributed by atoms with Crippen molar-refractivity contribution in [3.05, 3.63) is 75.5 Å². The molecule has 0 spiro atoms. The molecule has 1 aliphatic rings. The van der Waals surface area contributed by atoms with Crippen molar-refractivity contribution < 1.29 is 19.1 Å². The number of carbonyl (C=O) groups is 2. The minimum Gasteiger partial charge on any atom is -0.491 e. The first-order chi connectivity index (χ1) is 17.2. The fourth-order valence-electron chi connectivity index (χ4n) is 4.51. The van der Waals surface area contributed by atoms with Crippen LogP contribution in [0.1, 0.15) is 47.1 Å². The molecule has 1 N–H and O–H groups in total. The molecular formula is C28H33N3O4S. The number of carbonyl (C=O) groups excluding carboxylic acids is 2. The van der Waals surface area contributed by atoms with Crippen molar-refractivity contribution in [1.29, 1.82) is 0 Å². The van der Waals surface area contributed by atoms with Gasteiger partial charge in [-0.2, -0.15) is 0 Å². The van der Waals surface area contributed by atoms with Crippen molar-refractivity contribution >= 4 is 34.7 Å². The Morgan fingerprint density at radius 2 is 1.92 bits per heavy atom. The van der Waals surface area contributed by atoms with Crippen LogP contribution in [0.2, 0.25) is 0 Å². The van der Waals surface area contributed by atoms with Crippen LogP contribution in [0, 0.1) is 6.92 Å². The second kappa shape index (κ2) is 10.6. The third-order valence-corrected chi connectivity index (χ3v) is 7.52. The lowest BCUT2D eigenvalue weighted by atomic mass is 9.90. The number of nitrogens with one attached hydrogen (secondary N) is 1. The normalized spacial score (nSPS) is 14.3. The Morgan fingerprint density at radius 1 is 1.17 bits per heavy atom. The van der Waals surface area contributed by atoms with Gasteiger partial charge in [-0.25, -0.2) is 9.59 Å². The summed E-state index contributed by atoms with van der Waals surface area (Å²) in [5.41, 5.74) is 4.30. The zero-order valence-electron chi connectivity index (χ0n) is 21.5. The van der Waals surface area contributed by atoms with E-state index in [4.69, 9.17) is 9.47 Å². The molecule has 0 radical (unpaired) electrons. The number of amides is 2. The van der Waals surface area contributed by atoms with Crippen LogP contribution in [0.25, 0.3) is 0 Å². The van der Waals surface area contributed by atoms with Crippen LogP contribution in [0.5, 0.6) is 5.75 Å². The average Bonchev–Trinajstić information content (AvgIpc) is 3.28. The molecule has 0 unspecified atom stereocenters. The monoisotopic (exact) mass is 507 g/mol. The molecule has 0 saturated carbocycles. The number of benzene rings is 2. The van der Waals surface area contributed by atoms with E-state index in [1.54, 1.807) is 16.3 Å². The predicted molar refractivity (Wildman–Crippen MR) is 144 cm³/mol. The molecule has 8 heteroatoms. The average molecular weight is 508 g/mol. The topological polar surface area (TPSA) is 71.1 Å². The zero-order valence-corrected chi connectivity index (χ0v) is 22.3. The fraction of sp³-hybridized carbons (Fsp3) is 0.357. The molecule has 0 saturated heterocycles. The van der Waals surface area contributed by atoms with Gasteiger partial charge in [0, 0.05) is 24.3 Å². The number of esters is 1. The summed E-state index contributed by atoms with van der Waals surface area (Å²) in [7, 11) is 1.33. The summed E-state index contributed by atoms with van der Waals surface area (Å²) < 4.78 is 10.9. The summed E-state index contributed by atoms with van der Waals surface area (Å²) in [5, 5.41) is 4.66. The van der Waals surface area contributed by atoms with Gasteiger partial charge in [-0.15, -0.1) is 11.3 Å². The number of hydrogen-bond acceptors (Lipinski definition) is 6. The number of fused-ring (bicyclic) bond motifs is 1. The zero-order chi connectivity index (χ0) is 25.9. The molecule has 2 amide bonds.